The highest BCUT2D eigenvalue weighted by Gasteiger charge is 2.23. The lowest BCUT2D eigenvalue weighted by Crippen LogP contribution is -2.32. The summed E-state index contributed by atoms with van der Waals surface area (Å²) in [5, 5.41) is 2.79. The summed E-state index contributed by atoms with van der Waals surface area (Å²) < 4.78 is 38.3. The first kappa shape index (κ1) is 24.7. The first-order valence-electron chi connectivity index (χ1n) is 10.7. The monoisotopic (exact) mass is 448 g/mol. The second kappa shape index (κ2) is 11.7. The zero-order chi connectivity index (χ0) is 22.9. The fraction of sp³-hybridized carbons (Fsp3) is 0.435. The first-order chi connectivity index (χ1) is 14.9. The van der Waals surface area contributed by atoms with Crippen LogP contribution < -0.4 is 14.8 Å². The molecule has 0 unspecified atom stereocenters. The van der Waals surface area contributed by atoms with Crippen LogP contribution >= 0.6 is 0 Å². The zero-order valence-corrected chi connectivity index (χ0v) is 19.5. The molecule has 0 atom stereocenters. The Labute approximate surface area is 185 Å². The van der Waals surface area contributed by atoms with Crippen LogP contribution in [0.15, 0.2) is 47.4 Å². The van der Waals surface area contributed by atoms with Crippen molar-refractivity contribution in [2.75, 3.05) is 31.6 Å². The number of amides is 1. The molecule has 7 nitrogen and oxygen atoms in total. The Hall–Kier alpha value is -2.58. The minimum Gasteiger partial charge on any atom is -0.490 e. The lowest BCUT2D eigenvalue weighted by atomic mass is 10.2. The molecule has 0 bridgehead atoms. The maximum absolute atomic E-state index is 12.9. The van der Waals surface area contributed by atoms with E-state index in [4.69, 9.17) is 9.47 Å². The number of nitrogens with one attached hydrogen (secondary N) is 1. The predicted octanol–water partition coefficient (Wildman–Crippen LogP) is 4.55. The predicted molar refractivity (Wildman–Crippen MR) is 123 cm³/mol. The van der Waals surface area contributed by atoms with Crippen LogP contribution in [0.25, 0.3) is 0 Å². The largest absolute Gasteiger partial charge is 0.490 e. The van der Waals surface area contributed by atoms with Crippen LogP contribution in [0, 0.1) is 0 Å². The summed E-state index contributed by atoms with van der Waals surface area (Å²) in [7, 11) is -3.55. The summed E-state index contributed by atoms with van der Waals surface area (Å²) in [5.41, 5.74) is 0.925. The quantitative estimate of drug-likeness (QED) is 0.515. The van der Waals surface area contributed by atoms with Crippen molar-refractivity contribution in [2.45, 2.75) is 45.4 Å². The molecule has 2 aromatic carbocycles. The molecular formula is C23H32N2O5S. The fourth-order valence-corrected chi connectivity index (χ4v) is 4.73. The molecule has 31 heavy (non-hydrogen) atoms. The van der Waals surface area contributed by atoms with Crippen LogP contribution in [0.3, 0.4) is 0 Å². The molecule has 0 aromatic heterocycles. The molecule has 0 aliphatic carbocycles. The number of hydrogen-bond acceptors (Lipinski definition) is 5. The highest BCUT2D eigenvalue weighted by atomic mass is 32.2. The lowest BCUT2D eigenvalue weighted by molar-refractivity contribution is 0.102. The molecule has 0 fully saturated rings. The number of ether oxygens (including phenoxy) is 2. The maximum Gasteiger partial charge on any atom is 0.255 e. The Morgan fingerprint density at radius 3 is 2.00 bits per heavy atom. The van der Waals surface area contributed by atoms with Gasteiger partial charge in [-0.25, -0.2) is 8.42 Å². The zero-order valence-electron chi connectivity index (χ0n) is 18.7. The van der Waals surface area contributed by atoms with Gasteiger partial charge in [-0.05, 0) is 69.2 Å². The van der Waals surface area contributed by atoms with Gasteiger partial charge in [0, 0.05) is 24.3 Å². The summed E-state index contributed by atoms with van der Waals surface area (Å²) in [4.78, 5) is 12.9. The van der Waals surface area contributed by atoms with Crippen molar-refractivity contribution in [1.82, 2.24) is 4.31 Å². The van der Waals surface area contributed by atoms with Gasteiger partial charge >= 0.3 is 0 Å². The fourth-order valence-electron chi connectivity index (χ4n) is 3.11. The van der Waals surface area contributed by atoms with E-state index in [0.29, 0.717) is 49.1 Å². The van der Waals surface area contributed by atoms with Gasteiger partial charge in [-0.15, -0.1) is 0 Å². The molecule has 0 heterocycles. The van der Waals surface area contributed by atoms with E-state index < -0.39 is 10.0 Å². The third kappa shape index (κ3) is 6.45. The van der Waals surface area contributed by atoms with E-state index in [2.05, 4.69) is 5.32 Å². The van der Waals surface area contributed by atoms with Gasteiger partial charge in [-0.1, -0.05) is 13.8 Å². The van der Waals surface area contributed by atoms with Crippen LogP contribution in [0.4, 0.5) is 5.69 Å². The van der Waals surface area contributed by atoms with Gasteiger partial charge in [0.15, 0.2) is 11.5 Å². The average molecular weight is 449 g/mol. The van der Waals surface area contributed by atoms with E-state index in [1.165, 1.54) is 16.4 Å². The number of rotatable bonds is 12. The molecule has 0 aliphatic heterocycles. The van der Waals surface area contributed by atoms with Crippen molar-refractivity contribution in [1.29, 1.82) is 0 Å². The highest BCUT2D eigenvalue weighted by Crippen LogP contribution is 2.29. The molecular weight excluding hydrogens is 416 g/mol. The minimum atomic E-state index is -3.55. The number of nitrogens with zero attached hydrogens (tertiary/aromatic N) is 1. The Morgan fingerprint density at radius 2 is 1.45 bits per heavy atom. The van der Waals surface area contributed by atoms with Crippen molar-refractivity contribution in [3.63, 3.8) is 0 Å². The number of sulfonamides is 1. The summed E-state index contributed by atoms with van der Waals surface area (Å²) >= 11 is 0. The molecule has 0 saturated carbocycles. The van der Waals surface area contributed by atoms with Gasteiger partial charge in [0.25, 0.3) is 5.91 Å². The molecule has 0 spiro atoms. The summed E-state index contributed by atoms with van der Waals surface area (Å²) in [6, 6.07) is 11.2. The molecule has 0 aliphatic rings. The second-order valence-corrected chi connectivity index (χ2v) is 8.85. The smallest absolute Gasteiger partial charge is 0.255 e. The van der Waals surface area contributed by atoms with Crippen molar-refractivity contribution >= 4 is 21.6 Å². The van der Waals surface area contributed by atoms with E-state index in [1.807, 2.05) is 27.7 Å². The third-order valence-electron chi connectivity index (χ3n) is 4.50. The van der Waals surface area contributed by atoms with Gasteiger partial charge in [0.05, 0.1) is 18.1 Å². The number of anilines is 1. The minimum absolute atomic E-state index is 0.215. The SMILES string of the molecule is CCCN(CCC)S(=O)(=O)c1ccc(NC(=O)c2ccc(OCC)c(OCC)c2)cc1. The Morgan fingerprint density at radius 1 is 0.871 bits per heavy atom. The molecule has 170 valence electrons. The van der Waals surface area contributed by atoms with Crippen molar-refractivity contribution in [3.8, 4) is 11.5 Å². The van der Waals surface area contributed by atoms with E-state index >= 15 is 0 Å². The Balaban J connectivity index is 2.17. The number of benzene rings is 2. The molecule has 0 saturated heterocycles. The van der Waals surface area contributed by atoms with Gasteiger partial charge in [-0.2, -0.15) is 4.31 Å². The van der Waals surface area contributed by atoms with Crippen LogP contribution in [-0.2, 0) is 10.0 Å². The second-order valence-electron chi connectivity index (χ2n) is 6.91. The van der Waals surface area contributed by atoms with Gasteiger partial charge in [0.2, 0.25) is 10.0 Å². The van der Waals surface area contributed by atoms with Gasteiger partial charge in [-0.3, -0.25) is 4.79 Å². The summed E-state index contributed by atoms with van der Waals surface area (Å²) in [6.07, 6.45) is 1.50. The average Bonchev–Trinajstić information content (AvgIpc) is 2.75. The standard InChI is InChI=1S/C23H32N2O5S/c1-5-15-25(16-6-2)31(27,28)20-12-10-19(11-13-20)24-23(26)18-9-14-21(29-7-3)22(17-18)30-8-4/h9-14,17H,5-8,15-16H2,1-4H3,(H,24,26). The first-order valence-corrected chi connectivity index (χ1v) is 12.1. The molecule has 8 heteroatoms. The van der Waals surface area contributed by atoms with Crippen molar-refractivity contribution < 1.29 is 22.7 Å². The number of carbonyl (C=O) groups excluding carboxylic acids is 1. The Kier molecular flexibility index (Phi) is 9.33. The molecule has 2 aromatic rings. The maximum atomic E-state index is 12.9. The van der Waals surface area contributed by atoms with Crippen LogP contribution in [0.2, 0.25) is 0 Å². The van der Waals surface area contributed by atoms with Gasteiger partial charge < -0.3 is 14.8 Å². The van der Waals surface area contributed by atoms with E-state index in [0.717, 1.165) is 12.8 Å². The van der Waals surface area contributed by atoms with Crippen LogP contribution in [-0.4, -0.2) is 44.9 Å². The summed E-state index contributed by atoms with van der Waals surface area (Å²) in [6.45, 7) is 9.56. The van der Waals surface area contributed by atoms with E-state index in [9.17, 15) is 13.2 Å². The highest BCUT2D eigenvalue weighted by molar-refractivity contribution is 7.89. The number of carbonyl (C=O) groups is 1. The molecule has 1 amide bonds. The topological polar surface area (TPSA) is 84.9 Å². The Bertz CT molecular complexity index is 952. The third-order valence-corrected chi connectivity index (χ3v) is 6.41. The molecule has 1 N–H and O–H groups in total. The van der Waals surface area contributed by atoms with Crippen LogP contribution in [0.1, 0.15) is 50.9 Å². The van der Waals surface area contributed by atoms with Gasteiger partial charge in [0.1, 0.15) is 0 Å². The lowest BCUT2D eigenvalue weighted by Gasteiger charge is -2.21. The normalized spacial score (nSPS) is 11.4. The molecule has 0 radical (unpaired) electrons. The van der Waals surface area contributed by atoms with Crippen molar-refractivity contribution in [2.24, 2.45) is 0 Å². The number of hydrogen-bond donors (Lipinski definition) is 1. The summed E-state index contributed by atoms with van der Waals surface area (Å²) in [5.74, 6) is 0.766. The van der Waals surface area contributed by atoms with E-state index in [1.54, 1.807) is 30.3 Å². The van der Waals surface area contributed by atoms with Crippen molar-refractivity contribution in [3.05, 3.63) is 48.0 Å². The van der Waals surface area contributed by atoms with E-state index in [-0.39, 0.29) is 10.8 Å². The molecule has 2 rings (SSSR count). The van der Waals surface area contributed by atoms with Crippen LogP contribution in [0.5, 0.6) is 11.5 Å².